The lowest BCUT2D eigenvalue weighted by Gasteiger charge is -2.23. The quantitative estimate of drug-likeness (QED) is 0.539. The number of benzene rings is 1. The Labute approximate surface area is 167 Å². The normalized spacial score (nSPS) is 10.9. The number of nitrogens with zero attached hydrogens (tertiary/aromatic N) is 3. The van der Waals surface area contributed by atoms with Gasteiger partial charge in [-0.3, -0.25) is 4.79 Å². The highest BCUT2D eigenvalue weighted by atomic mass is 32.2. The van der Waals surface area contributed by atoms with Gasteiger partial charge < -0.3 is 10.2 Å². The van der Waals surface area contributed by atoms with Crippen molar-refractivity contribution in [3.05, 3.63) is 46.6 Å². The Bertz CT molecular complexity index is 770. The molecule has 1 heterocycles. The third-order valence-corrected chi connectivity index (χ3v) is 5.33. The smallest absolute Gasteiger partial charge is 0.251 e. The van der Waals surface area contributed by atoms with Crippen LogP contribution < -0.4 is 10.2 Å². The molecular formula is C21H30N4OS. The van der Waals surface area contributed by atoms with Crippen LogP contribution in [0.15, 0.2) is 29.4 Å². The van der Waals surface area contributed by atoms with Crippen LogP contribution in [0.25, 0.3) is 0 Å². The lowest BCUT2D eigenvalue weighted by atomic mass is 10.1. The van der Waals surface area contributed by atoms with E-state index in [0.717, 1.165) is 46.6 Å². The highest BCUT2D eigenvalue weighted by Crippen LogP contribution is 2.26. The van der Waals surface area contributed by atoms with Crippen molar-refractivity contribution in [2.45, 2.75) is 58.5 Å². The first-order valence-electron chi connectivity index (χ1n) is 9.48. The molecule has 0 fully saturated rings. The van der Waals surface area contributed by atoms with Gasteiger partial charge in [0.1, 0.15) is 5.82 Å². The van der Waals surface area contributed by atoms with Gasteiger partial charge >= 0.3 is 0 Å². The van der Waals surface area contributed by atoms with Crippen molar-refractivity contribution >= 4 is 23.5 Å². The molecule has 0 saturated heterocycles. The Morgan fingerprint density at radius 1 is 1.11 bits per heavy atom. The van der Waals surface area contributed by atoms with E-state index in [1.54, 1.807) is 11.8 Å². The summed E-state index contributed by atoms with van der Waals surface area (Å²) in [6.07, 6.45) is 0. The van der Waals surface area contributed by atoms with E-state index in [2.05, 4.69) is 36.0 Å². The van der Waals surface area contributed by atoms with Crippen LogP contribution in [-0.4, -0.2) is 35.0 Å². The maximum absolute atomic E-state index is 12.0. The predicted octanol–water partition coefficient (Wildman–Crippen LogP) is 4.37. The Morgan fingerprint density at radius 2 is 1.74 bits per heavy atom. The van der Waals surface area contributed by atoms with E-state index in [0.29, 0.717) is 5.56 Å². The van der Waals surface area contributed by atoms with Gasteiger partial charge in [-0.2, -0.15) is 0 Å². The minimum atomic E-state index is -0.0365. The summed E-state index contributed by atoms with van der Waals surface area (Å²) in [5.41, 5.74) is 4.00. The molecule has 1 aromatic carbocycles. The molecule has 5 nitrogen and oxygen atoms in total. The van der Waals surface area contributed by atoms with Crippen LogP contribution in [0.3, 0.4) is 0 Å². The Morgan fingerprint density at radius 3 is 2.30 bits per heavy atom. The van der Waals surface area contributed by atoms with Crippen molar-refractivity contribution in [1.82, 2.24) is 15.3 Å². The van der Waals surface area contributed by atoms with Crippen LogP contribution in [0, 0.1) is 13.8 Å². The average molecular weight is 387 g/mol. The number of anilines is 1. The van der Waals surface area contributed by atoms with Gasteiger partial charge in [0.15, 0.2) is 5.16 Å². The predicted molar refractivity (Wildman–Crippen MR) is 114 cm³/mol. The van der Waals surface area contributed by atoms with Crippen LogP contribution in [0.2, 0.25) is 0 Å². The molecule has 146 valence electrons. The van der Waals surface area contributed by atoms with E-state index < -0.39 is 0 Å². The zero-order chi connectivity index (χ0) is 20.0. The second-order valence-corrected chi connectivity index (χ2v) is 7.77. The molecule has 1 amide bonds. The minimum absolute atomic E-state index is 0.0365. The van der Waals surface area contributed by atoms with Gasteiger partial charge in [-0.05, 0) is 59.2 Å². The summed E-state index contributed by atoms with van der Waals surface area (Å²) in [6.45, 7) is 14.2. The molecule has 2 aromatic rings. The topological polar surface area (TPSA) is 58.1 Å². The van der Waals surface area contributed by atoms with Crippen molar-refractivity contribution in [2.75, 3.05) is 18.0 Å². The van der Waals surface area contributed by atoms with Gasteiger partial charge in [0.05, 0.1) is 0 Å². The number of aryl methyl sites for hydroxylation is 1. The molecule has 0 atom stereocenters. The third-order valence-electron chi connectivity index (χ3n) is 4.41. The van der Waals surface area contributed by atoms with E-state index in [1.165, 1.54) is 0 Å². The lowest BCUT2D eigenvalue weighted by molar-refractivity contribution is 0.0943. The first-order valence-corrected chi connectivity index (χ1v) is 10.5. The molecular weight excluding hydrogens is 356 g/mol. The number of hydrogen-bond acceptors (Lipinski definition) is 5. The lowest BCUT2D eigenvalue weighted by Crippen LogP contribution is -2.29. The molecule has 0 aliphatic rings. The Balaban J connectivity index is 2.09. The van der Waals surface area contributed by atoms with Gasteiger partial charge in [-0.1, -0.05) is 23.9 Å². The Hall–Kier alpha value is -2.08. The van der Waals surface area contributed by atoms with Gasteiger partial charge in [-0.15, -0.1) is 0 Å². The summed E-state index contributed by atoms with van der Waals surface area (Å²) in [7, 11) is 0. The van der Waals surface area contributed by atoms with E-state index >= 15 is 0 Å². The summed E-state index contributed by atoms with van der Waals surface area (Å²) in [6, 6.07) is 7.87. The van der Waals surface area contributed by atoms with Crippen molar-refractivity contribution in [1.29, 1.82) is 0 Å². The second-order valence-electron chi connectivity index (χ2n) is 6.83. The first-order chi connectivity index (χ1) is 12.8. The van der Waals surface area contributed by atoms with Gasteiger partial charge in [0, 0.05) is 41.7 Å². The van der Waals surface area contributed by atoms with Crippen LogP contribution in [-0.2, 0) is 5.75 Å². The largest absolute Gasteiger partial charge is 0.357 e. The van der Waals surface area contributed by atoms with Crippen molar-refractivity contribution in [3.63, 3.8) is 0 Å². The third kappa shape index (κ3) is 5.70. The van der Waals surface area contributed by atoms with Crippen LogP contribution in [0.4, 0.5) is 5.82 Å². The maximum Gasteiger partial charge on any atom is 0.251 e. The summed E-state index contributed by atoms with van der Waals surface area (Å²) >= 11 is 1.62. The van der Waals surface area contributed by atoms with Gasteiger partial charge in [-0.25, -0.2) is 9.97 Å². The molecule has 0 bridgehead atoms. The molecule has 2 rings (SSSR count). The maximum atomic E-state index is 12.0. The zero-order valence-corrected chi connectivity index (χ0v) is 18.0. The van der Waals surface area contributed by atoms with Crippen molar-refractivity contribution < 1.29 is 4.79 Å². The zero-order valence-electron chi connectivity index (χ0n) is 17.2. The molecule has 1 aromatic heterocycles. The number of carbonyl (C=O) groups excluding carboxylic acids is 1. The second kappa shape index (κ2) is 9.74. The molecule has 0 unspecified atom stereocenters. The fourth-order valence-corrected chi connectivity index (χ4v) is 3.57. The number of nitrogens with one attached hydrogen (secondary N) is 1. The van der Waals surface area contributed by atoms with Crippen molar-refractivity contribution in [2.24, 2.45) is 0 Å². The van der Waals surface area contributed by atoms with Gasteiger partial charge in [0.2, 0.25) is 0 Å². The van der Waals surface area contributed by atoms with E-state index in [1.807, 2.05) is 45.0 Å². The number of hydrogen-bond donors (Lipinski definition) is 1. The number of rotatable bonds is 8. The number of amides is 1. The number of aromatic nitrogens is 2. The molecule has 0 spiro atoms. The van der Waals surface area contributed by atoms with Crippen molar-refractivity contribution in [3.8, 4) is 0 Å². The SMILES string of the molecule is CCN(CC)c1nc(SCc2ccc(C(=O)NC(C)C)cc2)nc(C)c1C. The molecule has 0 radical (unpaired) electrons. The monoisotopic (exact) mass is 386 g/mol. The standard InChI is InChI=1S/C21H30N4OS/c1-7-25(8-2)19-15(5)16(6)23-21(24-19)27-13-17-9-11-18(12-10-17)20(26)22-14(3)4/h9-12,14H,7-8,13H2,1-6H3,(H,22,26). The fourth-order valence-electron chi connectivity index (χ4n) is 2.73. The molecule has 0 aliphatic carbocycles. The van der Waals surface area contributed by atoms with E-state index in [4.69, 9.17) is 4.98 Å². The molecule has 6 heteroatoms. The van der Waals surface area contributed by atoms with E-state index in [-0.39, 0.29) is 11.9 Å². The number of thioether (sulfide) groups is 1. The average Bonchev–Trinajstić information content (AvgIpc) is 2.64. The molecule has 1 N–H and O–H groups in total. The summed E-state index contributed by atoms with van der Waals surface area (Å²) in [4.78, 5) is 23.7. The summed E-state index contributed by atoms with van der Waals surface area (Å²) < 4.78 is 0. The highest BCUT2D eigenvalue weighted by Gasteiger charge is 2.13. The first kappa shape index (κ1) is 21.2. The summed E-state index contributed by atoms with van der Waals surface area (Å²) in [5.74, 6) is 1.76. The van der Waals surface area contributed by atoms with Crippen LogP contribution in [0.5, 0.6) is 0 Å². The molecule has 0 aliphatic heterocycles. The van der Waals surface area contributed by atoms with Crippen LogP contribution in [0.1, 0.15) is 54.9 Å². The number of carbonyl (C=O) groups is 1. The molecule has 0 saturated carbocycles. The highest BCUT2D eigenvalue weighted by molar-refractivity contribution is 7.98. The summed E-state index contributed by atoms with van der Waals surface area (Å²) in [5, 5.41) is 3.70. The van der Waals surface area contributed by atoms with Gasteiger partial charge in [0.25, 0.3) is 5.91 Å². The minimum Gasteiger partial charge on any atom is -0.357 e. The van der Waals surface area contributed by atoms with E-state index in [9.17, 15) is 4.79 Å². The molecule has 27 heavy (non-hydrogen) atoms. The Kier molecular flexibility index (Phi) is 7.66. The van der Waals surface area contributed by atoms with Crippen LogP contribution >= 0.6 is 11.8 Å². The fraction of sp³-hybridized carbons (Fsp3) is 0.476.